The van der Waals surface area contributed by atoms with Gasteiger partial charge in [0.25, 0.3) is 0 Å². The second-order valence-electron chi connectivity index (χ2n) is 1.80. The maximum atomic E-state index is 8.93. The molecule has 2 unspecified atom stereocenters. The molecule has 0 spiro atoms. The van der Waals surface area contributed by atoms with Crippen LogP contribution in [0.5, 0.6) is 0 Å². The first kappa shape index (κ1) is 8.21. The molecule has 0 radical (unpaired) electrons. The highest BCUT2D eigenvalue weighted by Gasteiger charge is 2.07. The van der Waals surface area contributed by atoms with E-state index in [2.05, 4.69) is 5.32 Å². The molecule has 0 rings (SSSR count). The molecule has 50 valence electrons. The van der Waals surface area contributed by atoms with Crippen LogP contribution in [0.1, 0.15) is 6.92 Å². The monoisotopic (exact) mass is 137 g/mol. The summed E-state index contributed by atoms with van der Waals surface area (Å²) in [7, 11) is 1.78. The zero-order valence-corrected chi connectivity index (χ0v) is 5.94. The molecule has 0 heterocycles. The van der Waals surface area contributed by atoms with E-state index in [1.54, 1.807) is 14.0 Å². The van der Waals surface area contributed by atoms with Gasteiger partial charge >= 0.3 is 0 Å². The first-order valence-electron chi connectivity index (χ1n) is 2.65. The van der Waals surface area contributed by atoms with Gasteiger partial charge in [0.05, 0.1) is 11.5 Å². The molecular formula is C5H12ClNO. The average Bonchev–Trinajstić information content (AvgIpc) is 1.67. The van der Waals surface area contributed by atoms with Crippen LogP contribution in [-0.2, 0) is 0 Å². The molecule has 0 aromatic rings. The maximum Gasteiger partial charge on any atom is 0.0825 e. The Morgan fingerprint density at radius 3 is 2.38 bits per heavy atom. The van der Waals surface area contributed by atoms with Gasteiger partial charge in [-0.1, -0.05) is 0 Å². The molecule has 0 saturated carbocycles. The lowest BCUT2D eigenvalue weighted by Crippen LogP contribution is -2.29. The maximum absolute atomic E-state index is 8.93. The SMILES string of the molecule is CNCC(O)C(C)Cl. The quantitative estimate of drug-likeness (QED) is 0.545. The molecule has 0 aromatic carbocycles. The lowest BCUT2D eigenvalue weighted by Gasteiger charge is -2.10. The van der Waals surface area contributed by atoms with Crippen LogP contribution in [-0.4, -0.2) is 30.2 Å². The van der Waals surface area contributed by atoms with Gasteiger partial charge < -0.3 is 10.4 Å². The van der Waals surface area contributed by atoms with Crippen molar-refractivity contribution in [3.63, 3.8) is 0 Å². The van der Waals surface area contributed by atoms with E-state index in [1.165, 1.54) is 0 Å². The van der Waals surface area contributed by atoms with Crippen molar-refractivity contribution < 1.29 is 5.11 Å². The smallest absolute Gasteiger partial charge is 0.0825 e. The number of alkyl halides is 1. The molecule has 0 aliphatic rings. The molecule has 3 heteroatoms. The summed E-state index contributed by atoms with van der Waals surface area (Å²) in [5.41, 5.74) is 0. The summed E-state index contributed by atoms with van der Waals surface area (Å²) in [5.74, 6) is 0. The number of hydrogen-bond donors (Lipinski definition) is 2. The fourth-order valence-corrected chi connectivity index (χ4v) is 0.461. The van der Waals surface area contributed by atoms with Crippen molar-refractivity contribution in [2.45, 2.75) is 18.4 Å². The van der Waals surface area contributed by atoms with E-state index in [1.807, 2.05) is 0 Å². The third kappa shape index (κ3) is 3.24. The first-order valence-corrected chi connectivity index (χ1v) is 3.09. The van der Waals surface area contributed by atoms with Crippen molar-refractivity contribution in [2.24, 2.45) is 0 Å². The third-order valence-corrected chi connectivity index (χ3v) is 1.23. The standard InChI is InChI=1S/C5H12ClNO/c1-4(6)5(8)3-7-2/h4-5,7-8H,3H2,1-2H3. The van der Waals surface area contributed by atoms with E-state index in [4.69, 9.17) is 16.7 Å². The van der Waals surface area contributed by atoms with Gasteiger partial charge in [0.2, 0.25) is 0 Å². The Kier molecular flexibility index (Phi) is 4.23. The van der Waals surface area contributed by atoms with Gasteiger partial charge in [-0.2, -0.15) is 0 Å². The van der Waals surface area contributed by atoms with E-state index in [-0.39, 0.29) is 5.38 Å². The second-order valence-corrected chi connectivity index (χ2v) is 2.49. The summed E-state index contributed by atoms with van der Waals surface area (Å²) >= 11 is 5.52. The van der Waals surface area contributed by atoms with E-state index in [9.17, 15) is 0 Å². The van der Waals surface area contributed by atoms with Crippen LogP contribution >= 0.6 is 11.6 Å². The number of rotatable bonds is 3. The number of halogens is 1. The van der Waals surface area contributed by atoms with E-state index >= 15 is 0 Å². The largest absolute Gasteiger partial charge is 0.390 e. The van der Waals surface area contributed by atoms with Gasteiger partial charge in [0, 0.05) is 6.54 Å². The normalized spacial score (nSPS) is 18.0. The van der Waals surface area contributed by atoms with Gasteiger partial charge in [-0.15, -0.1) is 11.6 Å². The molecule has 2 atom stereocenters. The zero-order chi connectivity index (χ0) is 6.57. The molecular weight excluding hydrogens is 126 g/mol. The predicted molar refractivity (Wildman–Crippen MR) is 35.2 cm³/mol. The molecule has 2 N–H and O–H groups in total. The Labute approximate surface area is 54.8 Å². The molecule has 0 aliphatic heterocycles. The van der Waals surface area contributed by atoms with Crippen molar-refractivity contribution in [3.05, 3.63) is 0 Å². The Morgan fingerprint density at radius 2 is 2.25 bits per heavy atom. The summed E-state index contributed by atoms with van der Waals surface area (Å²) < 4.78 is 0. The summed E-state index contributed by atoms with van der Waals surface area (Å²) in [6.45, 7) is 2.33. The van der Waals surface area contributed by atoms with Crippen LogP contribution in [0.25, 0.3) is 0 Å². The molecule has 8 heavy (non-hydrogen) atoms. The summed E-state index contributed by atoms with van der Waals surface area (Å²) in [5, 5.41) is 11.6. The highest BCUT2D eigenvalue weighted by Crippen LogP contribution is 1.98. The van der Waals surface area contributed by atoms with Crippen LogP contribution in [0.4, 0.5) is 0 Å². The minimum absolute atomic E-state index is 0.164. The van der Waals surface area contributed by atoms with Gasteiger partial charge in [0.15, 0.2) is 0 Å². The molecule has 0 aromatic heterocycles. The zero-order valence-electron chi connectivity index (χ0n) is 5.19. The highest BCUT2D eigenvalue weighted by atomic mass is 35.5. The van der Waals surface area contributed by atoms with E-state index < -0.39 is 6.10 Å². The predicted octanol–water partition coefficient (Wildman–Crippen LogP) is 0.194. The van der Waals surface area contributed by atoms with E-state index in [0.29, 0.717) is 6.54 Å². The lowest BCUT2D eigenvalue weighted by molar-refractivity contribution is 0.173. The molecule has 0 fully saturated rings. The van der Waals surface area contributed by atoms with Crippen LogP contribution < -0.4 is 5.32 Å². The fourth-order valence-electron chi connectivity index (χ4n) is 0.372. The van der Waals surface area contributed by atoms with Crippen molar-refractivity contribution >= 4 is 11.6 Å². The van der Waals surface area contributed by atoms with Crippen LogP contribution in [0.2, 0.25) is 0 Å². The number of aliphatic hydroxyl groups is 1. The van der Waals surface area contributed by atoms with E-state index in [0.717, 1.165) is 0 Å². The molecule has 0 amide bonds. The molecule has 0 aliphatic carbocycles. The van der Waals surface area contributed by atoms with Gasteiger partial charge in [-0.05, 0) is 14.0 Å². The minimum Gasteiger partial charge on any atom is -0.390 e. The van der Waals surface area contributed by atoms with Crippen LogP contribution in [0.3, 0.4) is 0 Å². The first-order chi connectivity index (χ1) is 3.68. The Morgan fingerprint density at radius 1 is 1.75 bits per heavy atom. The number of hydrogen-bond acceptors (Lipinski definition) is 2. The summed E-state index contributed by atoms with van der Waals surface area (Å²) in [6.07, 6.45) is -0.429. The van der Waals surface area contributed by atoms with Gasteiger partial charge in [0.1, 0.15) is 0 Å². The van der Waals surface area contributed by atoms with Crippen molar-refractivity contribution in [3.8, 4) is 0 Å². The lowest BCUT2D eigenvalue weighted by atomic mass is 10.3. The summed E-state index contributed by atoms with van der Waals surface area (Å²) in [6, 6.07) is 0. The molecule has 2 nitrogen and oxygen atoms in total. The second kappa shape index (κ2) is 4.13. The summed E-state index contributed by atoms with van der Waals surface area (Å²) in [4.78, 5) is 0. The van der Waals surface area contributed by atoms with Crippen LogP contribution in [0, 0.1) is 0 Å². The Balaban J connectivity index is 3.17. The Bertz CT molecular complexity index is 58.4. The average molecular weight is 138 g/mol. The number of likely N-dealkylation sites (N-methyl/N-ethyl adjacent to an activating group) is 1. The third-order valence-electron chi connectivity index (χ3n) is 0.943. The fraction of sp³-hybridized carbons (Fsp3) is 1.00. The number of aliphatic hydroxyl groups excluding tert-OH is 1. The van der Waals surface area contributed by atoms with Crippen molar-refractivity contribution in [2.75, 3.05) is 13.6 Å². The van der Waals surface area contributed by atoms with Crippen LogP contribution in [0.15, 0.2) is 0 Å². The number of nitrogens with one attached hydrogen (secondary N) is 1. The Hall–Kier alpha value is 0.210. The molecule has 0 bridgehead atoms. The topological polar surface area (TPSA) is 32.3 Å². The van der Waals surface area contributed by atoms with Gasteiger partial charge in [-0.25, -0.2) is 0 Å². The van der Waals surface area contributed by atoms with Crippen molar-refractivity contribution in [1.82, 2.24) is 5.32 Å². The highest BCUT2D eigenvalue weighted by molar-refractivity contribution is 6.20. The van der Waals surface area contributed by atoms with Crippen molar-refractivity contribution in [1.29, 1.82) is 0 Å². The van der Waals surface area contributed by atoms with Gasteiger partial charge in [-0.3, -0.25) is 0 Å². The minimum atomic E-state index is -0.429. The molecule has 0 saturated heterocycles.